The smallest absolute Gasteiger partial charge is 0.131 e. The normalized spacial score (nSPS) is 10.5. The summed E-state index contributed by atoms with van der Waals surface area (Å²) in [7, 11) is 3.26. The second-order valence-corrected chi connectivity index (χ2v) is 4.24. The van der Waals surface area contributed by atoms with Crippen LogP contribution in [0.3, 0.4) is 0 Å². The maximum atomic E-state index is 6.14. The van der Waals surface area contributed by atoms with E-state index >= 15 is 0 Å². The van der Waals surface area contributed by atoms with Crippen LogP contribution in [0.2, 0.25) is 0 Å². The lowest BCUT2D eigenvalue weighted by Gasteiger charge is -2.10. The molecule has 2 aromatic rings. The van der Waals surface area contributed by atoms with E-state index in [1.807, 2.05) is 22.8 Å². The number of aryl methyl sites for hydroxylation is 1. The topological polar surface area (TPSA) is 62.3 Å². The summed E-state index contributed by atoms with van der Waals surface area (Å²) in [5.74, 6) is 2.13. The van der Waals surface area contributed by atoms with E-state index in [2.05, 4.69) is 11.9 Å². The van der Waals surface area contributed by atoms with Crippen molar-refractivity contribution in [2.24, 2.45) is 0 Å². The Kier molecular flexibility index (Phi) is 3.94. The first-order chi connectivity index (χ1) is 9.21. The van der Waals surface area contributed by atoms with Gasteiger partial charge in [-0.05, 0) is 24.6 Å². The van der Waals surface area contributed by atoms with E-state index in [0.717, 1.165) is 35.7 Å². The first kappa shape index (κ1) is 13.3. The molecular formula is C14H19N3O2. The van der Waals surface area contributed by atoms with Crippen LogP contribution in [0.4, 0.5) is 5.82 Å². The highest BCUT2D eigenvalue weighted by Gasteiger charge is 2.15. The summed E-state index contributed by atoms with van der Waals surface area (Å²) in [6.45, 7) is 2.95. The standard InChI is InChI=1S/C14H19N3O2/c1-4-7-17-9-16-13(14(17)15)11-8-10(18-2)5-6-12(11)19-3/h5-6,8-9H,4,7,15H2,1-3H3. The predicted molar refractivity (Wildman–Crippen MR) is 75.5 cm³/mol. The molecule has 102 valence electrons. The third-order valence-corrected chi connectivity index (χ3v) is 3.00. The van der Waals surface area contributed by atoms with Gasteiger partial charge in [0.15, 0.2) is 0 Å². The molecule has 0 amide bonds. The maximum Gasteiger partial charge on any atom is 0.131 e. The minimum absolute atomic E-state index is 0.647. The average Bonchev–Trinajstić information content (AvgIpc) is 2.80. The number of nitrogen functional groups attached to an aromatic ring is 1. The number of hydrogen-bond acceptors (Lipinski definition) is 4. The molecule has 0 radical (unpaired) electrons. The zero-order valence-corrected chi connectivity index (χ0v) is 11.5. The lowest BCUT2D eigenvalue weighted by Crippen LogP contribution is -2.01. The molecule has 0 fully saturated rings. The number of aromatic nitrogens is 2. The van der Waals surface area contributed by atoms with Crippen LogP contribution in [0.25, 0.3) is 11.3 Å². The van der Waals surface area contributed by atoms with Crippen LogP contribution in [-0.2, 0) is 6.54 Å². The lowest BCUT2D eigenvalue weighted by molar-refractivity contribution is 0.404. The number of rotatable bonds is 5. The Morgan fingerprint density at radius 3 is 2.68 bits per heavy atom. The Bertz CT molecular complexity index is 564. The fourth-order valence-corrected chi connectivity index (χ4v) is 2.02. The quantitative estimate of drug-likeness (QED) is 0.898. The van der Waals surface area contributed by atoms with Crippen LogP contribution in [-0.4, -0.2) is 23.8 Å². The molecule has 0 aliphatic heterocycles. The van der Waals surface area contributed by atoms with Crippen LogP contribution >= 0.6 is 0 Å². The highest BCUT2D eigenvalue weighted by Crippen LogP contribution is 2.35. The molecule has 0 bridgehead atoms. The molecule has 2 N–H and O–H groups in total. The monoisotopic (exact) mass is 261 g/mol. The Morgan fingerprint density at radius 1 is 1.26 bits per heavy atom. The van der Waals surface area contributed by atoms with Gasteiger partial charge in [0.2, 0.25) is 0 Å². The van der Waals surface area contributed by atoms with Gasteiger partial charge in [0.1, 0.15) is 23.0 Å². The summed E-state index contributed by atoms with van der Waals surface area (Å²) in [5, 5.41) is 0. The second-order valence-electron chi connectivity index (χ2n) is 4.24. The van der Waals surface area contributed by atoms with Crippen molar-refractivity contribution in [1.29, 1.82) is 0 Å². The molecule has 0 unspecified atom stereocenters. The number of anilines is 1. The van der Waals surface area contributed by atoms with Gasteiger partial charge in [-0.15, -0.1) is 0 Å². The summed E-state index contributed by atoms with van der Waals surface area (Å²) in [5.41, 5.74) is 7.71. The zero-order chi connectivity index (χ0) is 13.8. The molecule has 5 heteroatoms. The molecule has 5 nitrogen and oxygen atoms in total. The van der Waals surface area contributed by atoms with Gasteiger partial charge < -0.3 is 19.8 Å². The number of nitrogens with zero attached hydrogens (tertiary/aromatic N) is 2. The van der Waals surface area contributed by atoms with Crippen LogP contribution in [0.5, 0.6) is 11.5 Å². The first-order valence-corrected chi connectivity index (χ1v) is 6.24. The molecule has 0 atom stereocenters. The van der Waals surface area contributed by atoms with Crippen LogP contribution in [0.1, 0.15) is 13.3 Å². The van der Waals surface area contributed by atoms with Crippen molar-refractivity contribution in [3.8, 4) is 22.8 Å². The summed E-state index contributed by atoms with van der Waals surface area (Å²) in [6, 6.07) is 5.59. The van der Waals surface area contributed by atoms with Crippen molar-refractivity contribution in [3.05, 3.63) is 24.5 Å². The average molecular weight is 261 g/mol. The van der Waals surface area contributed by atoms with Gasteiger partial charge in [0.05, 0.1) is 20.5 Å². The molecular weight excluding hydrogens is 242 g/mol. The largest absolute Gasteiger partial charge is 0.497 e. The molecule has 0 aliphatic carbocycles. The summed E-state index contributed by atoms with van der Waals surface area (Å²) in [6.07, 6.45) is 2.77. The Labute approximate surface area is 113 Å². The van der Waals surface area contributed by atoms with E-state index in [4.69, 9.17) is 15.2 Å². The molecule has 2 rings (SSSR count). The third kappa shape index (κ3) is 2.50. The molecule has 19 heavy (non-hydrogen) atoms. The van der Waals surface area contributed by atoms with E-state index in [1.54, 1.807) is 20.5 Å². The molecule has 1 aromatic carbocycles. The third-order valence-electron chi connectivity index (χ3n) is 3.00. The van der Waals surface area contributed by atoms with Crippen molar-refractivity contribution in [3.63, 3.8) is 0 Å². The Morgan fingerprint density at radius 2 is 2.05 bits per heavy atom. The lowest BCUT2D eigenvalue weighted by atomic mass is 10.1. The van der Waals surface area contributed by atoms with E-state index < -0.39 is 0 Å². The second kappa shape index (κ2) is 5.65. The van der Waals surface area contributed by atoms with Gasteiger partial charge in [-0.1, -0.05) is 6.92 Å². The van der Waals surface area contributed by atoms with Gasteiger partial charge in [-0.3, -0.25) is 0 Å². The summed E-state index contributed by atoms with van der Waals surface area (Å²) < 4.78 is 12.5. The highest BCUT2D eigenvalue weighted by molar-refractivity contribution is 5.76. The molecule has 1 heterocycles. The van der Waals surface area contributed by atoms with E-state index in [0.29, 0.717) is 5.82 Å². The maximum absolute atomic E-state index is 6.14. The summed E-state index contributed by atoms with van der Waals surface area (Å²) in [4.78, 5) is 4.39. The van der Waals surface area contributed by atoms with E-state index in [1.165, 1.54) is 0 Å². The number of imidazole rings is 1. The van der Waals surface area contributed by atoms with Gasteiger partial charge in [-0.25, -0.2) is 4.98 Å². The highest BCUT2D eigenvalue weighted by atomic mass is 16.5. The van der Waals surface area contributed by atoms with Crippen molar-refractivity contribution < 1.29 is 9.47 Å². The SMILES string of the molecule is CCCn1cnc(-c2cc(OC)ccc2OC)c1N. The van der Waals surface area contributed by atoms with Gasteiger partial charge in [0.25, 0.3) is 0 Å². The van der Waals surface area contributed by atoms with Crippen LogP contribution < -0.4 is 15.2 Å². The number of hydrogen-bond donors (Lipinski definition) is 1. The minimum atomic E-state index is 0.647. The van der Waals surface area contributed by atoms with E-state index in [9.17, 15) is 0 Å². The molecule has 0 saturated heterocycles. The van der Waals surface area contributed by atoms with Gasteiger partial charge in [0, 0.05) is 12.1 Å². The fraction of sp³-hybridized carbons (Fsp3) is 0.357. The number of methoxy groups -OCH3 is 2. The summed E-state index contributed by atoms with van der Waals surface area (Å²) >= 11 is 0. The van der Waals surface area contributed by atoms with Crippen molar-refractivity contribution in [2.45, 2.75) is 19.9 Å². The molecule has 1 aromatic heterocycles. The molecule has 0 aliphatic rings. The van der Waals surface area contributed by atoms with Crippen molar-refractivity contribution in [1.82, 2.24) is 9.55 Å². The van der Waals surface area contributed by atoms with Crippen molar-refractivity contribution >= 4 is 5.82 Å². The Hall–Kier alpha value is -2.17. The Balaban J connectivity index is 2.50. The van der Waals surface area contributed by atoms with Crippen molar-refractivity contribution in [2.75, 3.05) is 20.0 Å². The number of nitrogens with two attached hydrogens (primary N) is 1. The van der Waals surface area contributed by atoms with Crippen LogP contribution in [0.15, 0.2) is 24.5 Å². The van der Waals surface area contributed by atoms with Crippen LogP contribution in [0, 0.1) is 0 Å². The van der Waals surface area contributed by atoms with E-state index in [-0.39, 0.29) is 0 Å². The van der Waals surface area contributed by atoms with Gasteiger partial charge in [-0.2, -0.15) is 0 Å². The number of benzene rings is 1. The zero-order valence-electron chi connectivity index (χ0n) is 11.5. The molecule has 0 saturated carbocycles. The minimum Gasteiger partial charge on any atom is -0.497 e. The molecule has 0 spiro atoms. The van der Waals surface area contributed by atoms with Gasteiger partial charge >= 0.3 is 0 Å². The predicted octanol–water partition coefficient (Wildman–Crippen LogP) is 2.56. The number of ether oxygens (including phenoxy) is 2. The first-order valence-electron chi connectivity index (χ1n) is 6.24. The fourth-order valence-electron chi connectivity index (χ4n) is 2.02.